The molecule has 1 amide bonds. The second-order valence-electron chi connectivity index (χ2n) is 5.67. The monoisotopic (exact) mass is 255 g/mol. The van der Waals surface area contributed by atoms with Crippen molar-refractivity contribution in [2.45, 2.75) is 12.5 Å². The maximum absolute atomic E-state index is 12.3. The van der Waals surface area contributed by atoms with Crippen molar-refractivity contribution in [3.8, 4) is 0 Å². The summed E-state index contributed by atoms with van der Waals surface area (Å²) >= 11 is 0. The molecule has 4 nitrogen and oxygen atoms in total. The number of amides is 1. The zero-order valence-electron chi connectivity index (χ0n) is 10.7. The van der Waals surface area contributed by atoms with E-state index in [1.807, 2.05) is 30.5 Å². The number of hydrogen-bond acceptors (Lipinski definition) is 2. The normalized spacial score (nSPS) is 28.9. The fourth-order valence-corrected chi connectivity index (χ4v) is 3.39. The van der Waals surface area contributed by atoms with Crippen LogP contribution in [0.4, 0.5) is 0 Å². The minimum atomic E-state index is 0.0512. The van der Waals surface area contributed by atoms with E-state index in [0.29, 0.717) is 12.0 Å². The number of aromatic nitrogens is 1. The van der Waals surface area contributed by atoms with Crippen molar-refractivity contribution in [1.82, 2.24) is 15.2 Å². The largest absolute Gasteiger partial charge is 0.361 e. The van der Waals surface area contributed by atoms with E-state index >= 15 is 0 Å². The van der Waals surface area contributed by atoms with Crippen LogP contribution in [0.25, 0.3) is 10.9 Å². The molecule has 0 aliphatic carbocycles. The van der Waals surface area contributed by atoms with Gasteiger partial charge in [-0.25, -0.2) is 0 Å². The van der Waals surface area contributed by atoms with Crippen LogP contribution < -0.4 is 5.32 Å². The minimum Gasteiger partial charge on any atom is -0.361 e. The molecule has 1 aromatic carbocycles. The van der Waals surface area contributed by atoms with Gasteiger partial charge in [0.2, 0.25) is 0 Å². The topological polar surface area (TPSA) is 48.1 Å². The Labute approximate surface area is 111 Å². The summed E-state index contributed by atoms with van der Waals surface area (Å²) in [5, 5.41) is 4.33. The van der Waals surface area contributed by atoms with Crippen LogP contribution in [0.3, 0.4) is 0 Å². The molecule has 3 atom stereocenters. The average molecular weight is 255 g/mol. The SMILES string of the molecule is O=C(NC1CN2CC[C@H]1C2)c1ccc2cc[nH]c2c1. The lowest BCUT2D eigenvalue weighted by Crippen LogP contribution is -2.43. The predicted octanol–water partition coefficient (Wildman–Crippen LogP) is 1.60. The van der Waals surface area contributed by atoms with Crippen molar-refractivity contribution >= 4 is 16.8 Å². The van der Waals surface area contributed by atoms with Crippen molar-refractivity contribution in [3.05, 3.63) is 36.0 Å². The smallest absolute Gasteiger partial charge is 0.251 e. The number of nitrogens with one attached hydrogen (secondary N) is 2. The molecule has 4 heteroatoms. The first-order valence-electron chi connectivity index (χ1n) is 6.90. The summed E-state index contributed by atoms with van der Waals surface area (Å²) in [4.78, 5) is 17.9. The molecule has 2 aromatic rings. The van der Waals surface area contributed by atoms with Crippen molar-refractivity contribution in [3.63, 3.8) is 0 Å². The third-order valence-corrected chi connectivity index (χ3v) is 4.47. The summed E-state index contributed by atoms with van der Waals surface area (Å²) in [5.74, 6) is 0.702. The molecular weight excluding hydrogens is 238 g/mol. The van der Waals surface area contributed by atoms with E-state index in [0.717, 1.165) is 29.6 Å². The number of aromatic amines is 1. The van der Waals surface area contributed by atoms with E-state index < -0.39 is 0 Å². The quantitative estimate of drug-likeness (QED) is 0.856. The summed E-state index contributed by atoms with van der Waals surface area (Å²) in [6, 6.07) is 8.17. The van der Waals surface area contributed by atoms with Crippen LogP contribution in [0, 0.1) is 5.92 Å². The Bertz CT molecular complexity index is 633. The van der Waals surface area contributed by atoms with Gasteiger partial charge in [-0.3, -0.25) is 4.79 Å². The summed E-state index contributed by atoms with van der Waals surface area (Å²) < 4.78 is 0. The van der Waals surface area contributed by atoms with Gasteiger partial charge in [-0.15, -0.1) is 0 Å². The maximum atomic E-state index is 12.3. The highest BCUT2D eigenvalue weighted by atomic mass is 16.1. The highest BCUT2D eigenvalue weighted by molar-refractivity contribution is 5.98. The highest BCUT2D eigenvalue weighted by Crippen LogP contribution is 2.28. The van der Waals surface area contributed by atoms with Gasteiger partial charge in [0.05, 0.1) is 0 Å². The van der Waals surface area contributed by atoms with E-state index in [9.17, 15) is 4.79 Å². The van der Waals surface area contributed by atoms with Gasteiger partial charge in [-0.05, 0) is 42.5 Å². The van der Waals surface area contributed by atoms with E-state index in [1.54, 1.807) is 0 Å². The summed E-state index contributed by atoms with van der Waals surface area (Å²) in [5.41, 5.74) is 1.76. The van der Waals surface area contributed by atoms with Crippen molar-refractivity contribution in [2.75, 3.05) is 19.6 Å². The molecule has 2 aliphatic rings. The van der Waals surface area contributed by atoms with Crippen molar-refractivity contribution in [2.24, 2.45) is 5.92 Å². The highest BCUT2D eigenvalue weighted by Gasteiger charge is 2.38. The fourth-order valence-electron chi connectivity index (χ4n) is 3.39. The van der Waals surface area contributed by atoms with Crippen LogP contribution in [0.15, 0.2) is 30.5 Å². The van der Waals surface area contributed by atoms with Gasteiger partial charge in [0.15, 0.2) is 0 Å². The van der Waals surface area contributed by atoms with Gasteiger partial charge in [0, 0.05) is 36.4 Å². The molecule has 0 spiro atoms. The molecule has 3 heterocycles. The molecule has 2 bridgehead atoms. The third kappa shape index (κ3) is 1.83. The van der Waals surface area contributed by atoms with Crippen LogP contribution in [-0.2, 0) is 0 Å². The number of carbonyl (C=O) groups excluding carboxylic acids is 1. The van der Waals surface area contributed by atoms with Gasteiger partial charge >= 0.3 is 0 Å². The lowest BCUT2D eigenvalue weighted by Gasteiger charge is -2.23. The summed E-state index contributed by atoms with van der Waals surface area (Å²) in [6.45, 7) is 3.37. The molecule has 2 aliphatic heterocycles. The van der Waals surface area contributed by atoms with E-state index in [4.69, 9.17) is 0 Å². The van der Waals surface area contributed by atoms with Crippen molar-refractivity contribution in [1.29, 1.82) is 0 Å². The molecule has 98 valence electrons. The number of rotatable bonds is 2. The fraction of sp³-hybridized carbons (Fsp3) is 0.400. The van der Waals surface area contributed by atoms with Gasteiger partial charge in [-0.1, -0.05) is 6.07 Å². The number of nitrogens with zero attached hydrogens (tertiary/aromatic N) is 1. The minimum absolute atomic E-state index is 0.0512. The zero-order chi connectivity index (χ0) is 12.8. The van der Waals surface area contributed by atoms with Crippen LogP contribution in [0.2, 0.25) is 0 Å². The Morgan fingerprint density at radius 2 is 2.26 bits per heavy atom. The van der Waals surface area contributed by atoms with E-state index in [1.165, 1.54) is 13.0 Å². The molecule has 2 fully saturated rings. The standard InChI is InChI=1S/C15H17N3O/c19-15(17-14-9-18-6-4-12(14)8-18)11-2-1-10-3-5-16-13(10)7-11/h1-3,5,7,12,14,16H,4,6,8-9H2,(H,17,19)/t12-,14?/m0/s1. The first-order valence-corrected chi connectivity index (χ1v) is 6.90. The molecular formula is C15H17N3O. The lowest BCUT2D eigenvalue weighted by molar-refractivity contribution is 0.0924. The van der Waals surface area contributed by atoms with Crippen LogP contribution in [0.1, 0.15) is 16.8 Å². The van der Waals surface area contributed by atoms with E-state index in [2.05, 4.69) is 15.2 Å². The first kappa shape index (κ1) is 11.1. The zero-order valence-corrected chi connectivity index (χ0v) is 10.7. The Morgan fingerprint density at radius 1 is 1.32 bits per heavy atom. The molecule has 1 aromatic heterocycles. The molecule has 2 N–H and O–H groups in total. The number of H-pyrrole nitrogens is 1. The molecule has 0 radical (unpaired) electrons. The Kier molecular flexibility index (Phi) is 2.38. The maximum Gasteiger partial charge on any atom is 0.251 e. The van der Waals surface area contributed by atoms with Crippen LogP contribution >= 0.6 is 0 Å². The average Bonchev–Trinajstić information content (AvgIpc) is 3.13. The van der Waals surface area contributed by atoms with Gasteiger partial charge in [-0.2, -0.15) is 0 Å². The first-order chi connectivity index (χ1) is 9.29. The Morgan fingerprint density at radius 3 is 3.05 bits per heavy atom. The number of piperidine rings is 1. The molecule has 4 rings (SSSR count). The van der Waals surface area contributed by atoms with Gasteiger partial charge in [0.25, 0.3) is 5.91 Å². The summed E-state index contributed by atoms with van der Waals surface area (Å²) in [6.07, 6.45) is 3.12. The second kappa shape index (κ2) is 4.10. The summed E-state index contributed by atoms with van der Waals surface area (Å²) in [7, 11) is 0. The number of fused-ring (bicyclic) bond motifs is 3. The van der Waals surface area contributed by atoms with Crippen LogP contribution in [-0.4, -0.2) is 41.5 Å². The molecule has 0 saturated carbocycles. The second-order valence-corrected chi connectivity index (χ2v) is 5.67. The van der Waals surface area contributed by atoms with Crippen molar-refractivity contribution < 1.29 is 4.79 Å². The Hall–Kier alpha value is -1.81. The van der Waals surface area contributed by atoms with E-state index in [-0.39, 0.29) is 5.91 Å². The third-order valence-electron chi connectivity index (χ3n) is 4.47. The van der Waals surface area contributed by atoms with Crippen LogP contribution in [0.5, 0.6) is 0 Å². The lowest BCUT2D eigenvalue weighted by atomic mass is 9.99. The van der Waals surface area contributed by atoms with Gasteiger partial charge in [0.1, 0.15) is 0 Å². The molecule has 2 unspecified atom stereocenters. The predicted molar refractivity (Wildman–Crippen MR) is 74.1 cm³/mol. The Balaban J connectivity index is 1.53. The number of carbonyl (C=O) groups is 1. The number of benzene rings is 1. The number of hydrogen-bond donors (Lipinski definition) is 2. The molecule has 2 saturated heterocycles. The van der Waals surface area contributed by atoms with Gasteiger partial charge < -0.3 is 15.2 Å². The molecule has 19 heavy (non-hydrogen) atoms.